The molecular weight excluding hydrogens is 350 g/mol. The average Bonchev–Trinajstić information content (AvgIpc) is 2.73. The van der Waals surface area contributed by atoms with Crippen LogP contribution >= 0.6 is 0 Å². The lowest BCUT2D eigenvalue weighted by Gasteiger charge is -2.20. The van der Waals surface area contributed by atoms with Crippen molar-refractivity contribution in [3.63, 3.8) is 0 Å². The van der Waals surface area contributed by atoms with Crippen LogP contribution in [-0.2, 0) is 6.42 Å². The number of aliphatic hydroxyl groups excluding tert-OH is 1. The van der Waals surface area contributed by atoms with Crippen molar-refractivity contribution in [1.82, 2.24) is 15.0 Å². The molecule has 0 aliphatic heterocycles. The third-order valence-electron chi connectivity index (χ3n) is 4.53. The molecule has 2 heterocycles. The normalized spacial score (nSPS) is 12.0. The molecule has 0 saturated carbocycles. The van der Waals surface area contributed by atoms with Crippen LogP contribution in [0.2, 0.25) is 0 Å². The van der Waals surface area contributed by atoms with E-state index in [1.807, 2.05) is 54.6 Å². The topological polar surface area (TPSA) is 83.0 Å². The monoisotopic (exact) mass is 377 g/mol. The van der Waals surface area contributed by atoms with Gasteiger partial charge in [0.1, 0.15) is 5.82 Å². The van der Waals surface area contributed by atoms with E-state index in [1.165, 1.54) is 0 Å². The molecule has 28 heavy (non-hydrogen) atoms. The summed E-state index contributed by atoms with van der Waals surface area (Å²) in [5.74, 6) is 1.51. The molecule has 0 spiro atoms. The Bertz CT molecular complexity index is 855. The van der Waals surface area contributed by atoms with E-state index >= 15 is 0 Å². The van der Waals surface area contributed by atoms with Crippen molar-refractivity contribution in [3.05, 3.63) is 66.5 Å². The molecule has 3 rings (SSSR count). The Hall–Kier alpha value is -2.99. The second kappa shape index (κ2) is 9.80. The number of pyridine rings is 1. The molecule has 6 heteroatoms. The first-order valence-corrected chi connectivity index (χ1v) is 9.61. The number of aromatic nitrogens is 3. The van der Waals surface area contributed by atoms with Crippen LogP contribution in [-0.4, -0.2) is 39.3 Å². The van der Waals surface area contributed by atoms with Gasteiger partial charge in [-0.15, -0.1) is 0 Å². The molecule has 2 aromatic heterocycles. The van der Waals surface area contributed by atoms with E-state index in [0.717, 1.165) is 35.7 Å². The third-order valence-corrected chi connectivity index (χ3v) is 4.53. The van der Waals surface area contributed by atoms with Gasteiger partial charge in [-0.1, -0.05) is 50.2 Å². The highest BCUT2D eigenvalue weighted by Gasteiger charge is 2.15. The number of hydrogen-bond donors (Lipinski definition) is 3. The summed E-state index contributed by atoms with van der Waals surface area (Å²) in [7, 11) is 0. The fraction of sp³-hybridized carbons (Fsp3) is 0.318. The lowest BCUT2D eigenvalue weighted by Crippen LogP contribution is -2.30. The molecule has 0 fully saturated rings. The maximum absolute atomic E-state index is 9.64. The fourth-order valence-electron chi connectivity index (χ4n) is 2.81. The summed E-state index contributed by atoms with van der Waals surface area (Å²) in [4.78, 5) is 13.6. The van der Waals surface area contributed by atoms with Gasteiger partial charge in [-0.3, -0.25) is 4.98 Å². The van der Waals surface area contributed by atoms with Crippen molar-refractivity contribution in [3.8, 4) is 11.3 Å². The molecule has 6 nitrogen and oxygen atoms in total. The molecule has 146 valence electrons. The summed E-state index contributed by atoms with van der Waals surface area (Å²) in [5, 5.41) is 16.3. The molecule has 0 aliphatic rings. The van der Waals surface area contributed by atoms with Crippen LogP contribution in [0.15, 0.2) is 60.8 Å². The van der Waals surface area contributed by atoms with Gasteiger partial charge in [-0.2, -0.15) is 4.98 Å². The summed E-state index contributed by atoms with van der Waals surface area (Å²) in [6.45, 7) is 4.86. The Morgan fingerprint density at radius 2 is 1.79 bits per heavy atom. The summed E-state index contributed by atoms with van der Waals surface area (Å²) in [5.41, 5.74) is 2.88. The molecule has 0 unspecified atom stereocenters. The zero-order valence-electron chi connectivity index (χ0n) is 16.3. The first-order chi connectivity index (χ1) is 13.7. The number of aliphatic hydroxyl groups is 1. The molecule has 0 bridgehead atoms. The fourth-order valence-corrected chi connectivity index (χ4v) is 2.81. The van der Waals surface area contributed by atoms with E-state index in [2.05, 4.69) is 39.4 Å². The standard InChI is InChI=1S/C22H27N5O/c1-16(2)20(15-28)26-22-25-19(17-8-4-3-5-9-17)14-21(27-22)24-13-11-18-10-6-7-12-23-18/h3-10,12,14,16,20,28H,11,13,15H2,1-2H3,(H2,24,25,26,27)/t20-/m1/s1. The van der Waals surface area contributed by atoms with Gasteiger partial charge in [0.15, 0.2) is 0 Å². The Morgan fingerprint density at radius 3 is 2.46 bits per heavy atom. The van der Waals surface area contributed by atoms with Crippen LogP contribution in [0.3, 0.4) is 0 Å². The Morgan fingerprint density at radius 1 is 1.00 bits per heavy atom. The summed E-state index contributed by atoms with van der Waals surface area (Å²) < 4.78 is 0. The first-order valence-electron chi connectivity index (χ1n) is 9.61. The number of benzene rings is 1. The molecule has 0 aliphatic carbocycles. The van der Waals surface area contributed by atoms with Gasteiger partial charge < -0.3 is 15.7 Å². The minimum atomic E-state index is -0.104. The second-order valence-corrected chi connectivity index (χ2v) is 7.00. The summed E-state index contributed by atoms with van der Waals surface area (Å²) in [6.07, 6.45) is 2.61. The molecule has 3 N–H and O–H groups in total. The highest BCUT2D eigenvalue weighted by molar-refractivity contribution is 5.64. The first kappa shape index (κ1) is 19.8. The highest BCUT2D eigenvalue weighted by Crippen LogP contribution is 2.22. The number of anilines is 2. The van der Waals surface area contributed by atoms with Crippen LogP contribution in [0, 0.1) is 5.92 Å². The SMILES string of the molecule is CC(C)[C@@H](CO)Nc1nc(NCCc2ccccn2)cc(-c2ccccc2)n1. The van der Waals surface area contributed by atoms with Crippen molar-refractivity contribution < 1.29 is 5.11 Å². The van der Waals surface area contributed by atoms with Gasteiger partial charge in [0.2, 0.25) is 5.95 Å². The largest absolute Gasteiger partial charge is 0.394 e. The van der Waals surface area contributed by atoms with Gasteiger partial charge in [0.25, 0.3) is 0 Å². The molecule has 1 atom stereocenters. The van der Waals surface area contributed by atoms with Gasteiger partial charge in [-0.05, 0) is 18.1 Å². The van der Waals surface area contributed by atoms with E-state index in [0.29, 0.717) is 5.95 Å². The van der Waals surface area contributed by atoms with Gasteiger partial charge in [0, 0.05) is 36.5 Å². The second-order valence-electron chi connectivity index (χ2n) is 7.00. The Labute approximate surface area is 166 Å². The lowest BCUT2D eigenvalue weighted by molar-refractivity contribution is 0.248. The van der Waals surface area contributed by atoms with Crippen LogP contribution in [0.25, 0.3) is 11.3 Å². The predicted octanol–water partition coefficient (Wildman–Crippen LogP) is 3.62. The highest BCUT2D eigenvalue weighted by atomic mass is 16.3. The summed E-state index contributed by atoms with van der Waals surface area (Å²) >= 11 is 0. The zero-order chi connectivity index (χ0) is 19.8. The molecule has 0 saturated heterocycles. The smallest absolute Gasteiger partial charge is 0.225 e. The van der Waals surface area contributed by atoms with E-state index in [4.69, 9.17) is 0 Å². The van der Waals surface area contributed by atoms with Crippen molar-refractivity contribution in [2.75, 3.05) is 23.8 Å². The van der Waals surface area contributed by atoms with E-state index < -0.39 is 0 Å². The molecule has 3 aromatic rings. The maximum Gasteiger partial charge on any atom is 0.225 e. The van der Waals surface area contributed by atoms with Gasteiger partial charge >= 0.3 is 0 Å². The minimum absolute atomic E-state index is 0.0268. The van der Waals surface area contributed by atoms with Gasteiger partial charge in [0.05, 0.1) is 18.3 Å². The number of nitrogens with one attached hydrogen (secondary N) is 2. The lowest BCUT2D eigenvalue weighted by atomic mass is 10.1. The molecule has 0 amide bonds. The average molecular weight is 377 g/mol. The van der Waals surface area contributed by atoms with E-state index in [1.54, 1.807) is 6.20 Å². The van der Waals surface area contributed by atoms with Crippen molar-refractivity contribution >= 4 is 11.8 Å². The van der Waals surface area contributed by atoms with Crippen LogP contribution in [0.1, 0.15) is 19.5 Å². The van der Waals surface area contributed by atoms with Crippen LogP contribution in [0.4, 0.5) is 11.8 Å². The van der Waals surface area contributed by atoms with Crippen molar-refractivity contribution in [1.29, 1.82) is 0 Å². The molecular formula is C22H27N5O. The summed E-state index contributed by atoms with van der Waals surface area (Å²) in [6, 6.07) is 17.8. The quantitative estimate of drug-likeness (QED) is 0.528. The van der Waals surface area contributed by atoms with Gasteiger partial charge in [-0.25, -0.2) is 4.98 Å². The number of rotatable bonds is 9. The number of nitrogens with zero attached hydrogens (tertiary/aromatic N) is 3. The molecule has 1 aromatic carbocycles. The van der Waals surface area contributed by atoms with E-state index in [9.17, 15) is 5.11 Å². The van der Waals surface area contributed by atoms with Crippen LogP contribution in [0.5, 0.6) is 0 Å². The predicted molar refractivity (Wildman–Crippen MR) is 113 cm³/mol. The minimum Gasteiger partial charge on any atom is -0.394 e. The molecule has 0 radical (unpaired) electrons. The third kappa shape index (κ3) is 5.50. The van der Waals surface area contributed by atoms with Crippen LogP contribution < -0.4 is 10.6 Å². The van der Waals surface area contributed by atoms with E-state index in [-0.39, 0.29) is 18.6 Å². The maximum atomic E-state index is 9.64. The Kier molecular flexibility index (Phi) is 6.92. The van der Waals surface area contributed by atoms with Crippen molar-refractivity contribution in [2.45, 2.75) is 26.3 Å². The zero-order valence-corrected chi connectivity index (χ0v) is 16.3. The number of hydrogen-bond acceptors (Lipinski definition) is 6. The van der Waals surface area contributed by atoms with Crippen molar-refractivity contribution in [2.24, 2.45) is 5.92 Å². The Balaban J connectivity index is 1.80.